The molecule has 0 aliphatic heterocycles. The van der Waals surface area contributed by atoms with Gasteiger partial charge in [-0.3, -0.25) is 5.41 Å². The van der Waals surface area contributed by atoms with E-state index < -0.39 is 5.97 Å². The van der Waals surface area contributed by atoms with Gasteiger partial charge in [-0.15, -0.1) is 0 Å². The summed E-state index contributed by atoms with van der Waals surface area (Å²) in [6.45, 7) is 3.58. The van der Waals surface area contributed by atoms with Crippen molar-refractivity contribution in [1.29, 1.82) is 5.41 Å². The monoisotopic (exact) mass is 364 g/mol. The molecule has 0 aliphatic rings. The van der Waals surface area contributed by atoms with Crippen molar-refractivity contribution in [3.8, 4) is 5.88 Å². The van der Waals surface area contributed by atoms with Crippen LogP contribution in [0.4, 0.5) is 10.7 Å². The Morgan fingerprint density at radius 2 is 2.24 bits per heavy atom. The van der Waals surface area contributed by atoms with Crippen molar-refractivity contribution in [3.63, 3.8) is 0 Å². The summed E-state index contributed by atoms with van der Waals surface area (Å²) >= 11 is 0.988. The molecular weight excluding hydrogens is 344 g/mol. The lowest BCUT2D eigenvalue weighted by molar-refractivity contribution is 0.0526. The fourth-order valence-corrected chi connectivity index (χ4v) is 2.74. The highest BCUT2D eigenvalue weighted by Gasteiger charge is 2.19. The number of esters is 1. The standard InChI is InChI=1S/C16H20N4O4S/c1-3-24-16(23)10-5-4-6-11(7-10)19-15-12(14(22)20-25-15)13(17)18-9(2)8-21/h4-7,9,19,21H,3,8H2,1-2H3,(H2,17,18)(H,20,22). The third-order valence-corrected chi connectivity index (χ3v) is 3.97. The maximum Gasteiger partial charge on any atom is 0.338 e. The molecule has 2 aromatic rings. The fourth-order valence-electron chi connectivity index (χ4n) is 2.03. The lowest BCUT2D eigenvalue weighted by Crippen LogP contribution is -2.35. The Morgan fingerprint density at radius 1 is 1.48 bits per heavy atom. The van der Waals surface area contributed by atoms with Crippen LogP contribution in [0.2, 0.25) is 0 Å². The van der Waals surface area contributed by atoms with E-state index in [-0.39, 0.29) is 36.5 Å². The number of amidine groups is 1. The molecule has 134 valence electrons. The van der Waals surface area contributed by atoms with E-state index >= 15 is 0 Å². The van der Waals surface area contributed by atoms with Gasteiger partial charge in [0.1, 0.15) is 16.4 Å². The second-order valence-corrected chi connectivity index (χ2v) is 6.01. The fraction of sp³-hybridized carbons (Fsp3) is 0.312. The number of carbonyl (C=O) groups is 1. The van der Waals surface area contributed by atoms with Crippen LogP contribution in [0.1, 0.15) is 29.8 Å². The van der Waals surface area contributed by atoms with E-state index in [0.29, 0.717) is 16.3 Å². The maximum atomic E-state index is 11.8. The number of aromatic nitrogens is 1. The average molecular weight is 364 g/mol. The molecule has 0 spiro atoms. The Balaban J connectivity index is 2.23. The van der Waals surface area contributed by atoms with E-state index in [1.165, 1.54) is 0 Å². The van der Waals surface area contributed by atoms with Gasteiger partial charge in [-0.2, -0.15) is 4.37 Å². The van der Waals surface area contributed by atoms with Crippen LogP contribution in [-0.2, 0) is 4.74 Å². The number of hydrogen-bond donors (Lipinski definition) is 5. The first kappa shape index (κ1) is 18.7. The molecule has 0 bridgehead atoms. The molecule has 1 atom stereocenters. The Kier molecular flexibility index (Phi) is 6.31. The highest BCUT2D eigenvalue weighted by Crippen LogP contribution is 2.32. The summed E-state index contributed by atoms with van der Waals surface area (Å²) in [6.07, 6.45) is 0. The molecule has 0 saturated carbocycles. The maximum absolute atomic E-state index is 11.8. The zero-order valence-electron chi connectivity index (χ0n) is 13.9. The van der Waals surface area contributed by atoms with E-state index in [1.807, 2.05) is 0 Å². The summed E-state index contributed by atoms with van der Waals surface area (Å²) in [5.41, 5.74) is 1.19. The number of ether oxygens (including phenoxy) is 1. The number of aliphatic hydroxyl groups is 1. The van der Waals surface area contributed by atoms with Gasteiger partial charge in [0.2, 0.25) is 5.88 Å². The molecule has 0 fully saturated rings. The van der Waals surface area contributed by atoms with E-state index in [0.717, 1.165) is 11.5 Å². The van der Waals surface area contributed by atoms with Crippen LogP contribution in [0.5, 0.6) is 5.88 Å². The first-order valence-corrected chi connectivity index (χ1v) is 8.42. The van der Waals surface area contributed by atoms with Gasteiger partial charge in [-0.05, 0) is 43.6 Å². The van der Waals surface area contributed by atoms with Gasteiger partial charge in [-0.1, -0.05) is 6.07 Å². The quantitative estimate of drug-likeness (QED) is 0.289. The Labute approximate surface area is 149 Å². The number of carbonyl (C=O) groups excluding carboxylic acids is 1. The summed E-state index contributed by atoms with van der Waals surface area (Å²) < 4.78 is 8.82. The zero-order valence-corrected chi connectivity index (χ0v) is 14.7. The van der Waals surface area contributed by atoms with Gasteiger partial charge in [0, 0.05) is 11.7 Å². The predicted octanol–water partition coefficient (Wildman–Crippen LogP) is 2.06. The molecule has 8 nitrogen and oxygen atoms in total. The molecule has 0 saturated heterocycles. The van der Waals surface area contributed by atoms with Crippen molar-refractivity contribution in [2.75, 3.05) is 18.5 Å². The largest absolute Gasteiger partial charge is 0.492 e. The summed E-state index contributed by atoms with van der Waals surface area (Å²) in [4.78, 5) is 11.8. The van der Waals surface area contributed by atoms with Crippen LogP contribution in [0, 0.1) is 5.41 Å². The van der Waals surface area contributed by atoms with E-state index in [2.05, 4.69) is 15.0 Å². The highest BCUT2D eigenvalue weighted by atomic mass is 32.1. The number of nitrogens with zero attached hydrogens (tertiary/aromatic N) is 1. The summed E-state index contributed by atoms with van der Waals surface area (Å²) in [7, 11) is 0. The number of nitrogens with one attached hydrogen (secondary N) is 3. The molecule has 0 radical (unpaired) electrons. The third-order valence-electron chi connectivity index (χ3n) is 3.22. The van der Waals surface area contributed by atoms with Crippen LogP contribution < -0.4 is 10.6 Å². The molecular formula is C16H20N4O4S. The minimum absolute atomic E-state index is 0.0585. The molecule has 1 unspecified atom stereocenters. The first-order valence-electron chi connectivity index (χ1n) is 7.65. The van der Waals surface area contributed by atoms with Gasteiger partial charge in [0.15, 0.2) is 0 Å². The summed E-state index contributed by atoms with van der Waals surface area (Å²) in [5.74, 6) is -0.766. The average Bonchev–Trinajstić information content (AvgIpc) is 2.95. The second kappa shape index (κ2) is 8.45. The first-order chi connectivity index (χ1) is 12.0. The molecule has 1 aromatic carbocycles. The van der Waals surface area contributed by atoms with Crippen LogP contribution >= 0.6 is 11.5 Å². The molecule has 1 aromatic heterocycles. The Morgan fingerprint density at radius 3 is 2.92 bits per heavy atom. The SMILES string of the molecule is CCOC(=O)c1cccc(Nc2snc(O)c2C(=N)NC(C)CO)c1. The number of hydrogen-bond acceptors (Lipinski definition) is 8. The van der Waals surface area contributed by atoms with Crippen molar-refractivity contribution in [2.24, 2.45) is 0 Å². The van der Waals surface area contributed by atoms with E-state index in [9.17, 15) is 9.90 Å². The van der Waals surface area contributed by atoms with Gasteiger partial charge in [-0.25, -0.2) is 4.79 Å². The van der Waals surface area contributed by atoms with Crippen LogP contribution in [0.15, 0.2) is 24.3 Å². The van der Waals surface area contributed by atoms with Crippen molar-refractivity contribution in [3.05, 3.63) is 35.4 Å². The summed E-state index contributed by atoms with van der Waals surface area (Å²) in [6, 6.07) is 6.36. The number of aromatic hydroxyl groups is 1. The summed E-state index contributed by atoms with van der Waals surface area (Å²) in [5, 5.41) is 33.3. The second-order valence-electron chi connectivity index (χ2n) is 5.24. The minimum atomic E-state index is -0.426. The smallest absolute Gasteiger partial charge is 0.338 e. The zero-order chi connectivity index (χ0) is 18.4. The molecule has 25 heavy (non-hydrogen) atoms. The van der Waals surface area contributed by atoms with Gasteiger partial charge in [0.25, 0.3) is 0 Å². The Bertz CT molecular complexity index is 762. The van der Waals surface area contributed by atoms with Gasteiger partial charge in [0.05, 0.1) is 18.8 Å². The molecule has 0 aliphatic carbocycles. The third kappa shape index (κ3) is 4.68. The van der Waals surface area contributed by atoms with Crippen LogP contribution in [-0.4, -0.2) is 45.6 Å². The molecule has 9 heteroatoms. The topological polar surface area (TPSA) is 128 Å². The number of rotatable bonds is 7. The molecule has 0 amide bonds. The van der Waals surface area contributed by atoms with E-state index in [4.69, 9.17) is 15.3 Å². The molecule has 2 rings (SSSR count). The lowest BCUT2D eigenvalue weighted by Gasteiger charge is -2.14. The van der Waals surface area contributed by atoms with Crippen molar-refractivity contribution >= 4 is 34.0 Å². The normalized spacial score (nSPS) is 11.6. The number of benzene rings is 1. The molecule has 5 N–H and O–H groups in total. The Hall–Kier alpha value is -2.65. The van der Waals surface area contributed by atoms with E-state index in [1.54, 1.807) is 38.1 Å². The van der Waals surface area contributed by atoms with Crippen molar-refractivity contribution in [2.45, 2.75) is 19.9 Å². The predicted molar refractivity (Wildman–Crippen MR) is 96.0 cm³/mol. The van der Waals surface area contributed by atoms with Gasteiger partial charge < -0.3 is 25.6 Å². The van der Waals surface area contributed by atoms with Gasteiger partial charge >= 0.3 is 5.97 Å². The highest BCUT2D eigenvalue weighted by molar-refractivity contribution is 7.11. The molecule has 1 heterocycles. The van der Waals surface area contributed by atoms with Crippen molar-refractivity contribution < 1.29 is 19.7 Å². The number of aliphatic hydroxyl groups excluding tert-OH is 1. The van der Waals surface area contributed by atoms with Crippen molar-refractivity contribution in [1.82, 2.24) is 9.69 Å². The minimum Gasteiger partial charge on any atom is -0.492 e. The number of anilines is 2. The van der Waals surface area contributed by atoms with Crippen LogP contribution in [0.25, 0.3) is 0 Å². The lowest BCUT2D eigenvalue weighted by atomic mass is 10.2. The van der Waals surface area contributed by atoms with Crippen LogP contribution in [0.3, 0.4) is 0 Å².